The van der Waals surface area contributed by atoms with Crippen molar-refractivity contribution in [3.8, 4) is 5.75 Å². The van der Waals surface area contributed by atoms with E-state index >= 15 is 0 Å². The van der Waals surface area contributed by atoms with Crippen LogP contribution in [0.4, 0.5) is 0 Å². The second-order valence-corrected chi connectivity index (χ2v) is 2.82. The van der Waals surface area contributed by atoms with E-state index in [9.17, 15) is 4.79 Å². The van der Waals surface area contributed by atoms with Gasteiger partial charge >= 0.3 is 0 Å². The Bertz CT molecular complexity index is 368. The van der Waals surface area contributed by atoms with Crippen molar-refractivity contribution >= 4 is 5.91 Å². The highest BCUT2D eigenvalue weighted by Gasteiger charge is 2.25. The highest BCUT2D eigenvalue weighted by atomic mass is 16.5. The first-order valence-electron chi connectivity index (χ1n) is 4.02. The molecular weight excluding hydrogens is 166 g/mol. The van der Waals surface area contributed by atoms with Crippen molar-refractivity contribution in [2.24, 2.45) is 0 Å². The summed E-state index contributed by atoms with van der Waals surface area (Å²) in [6.45, 7) is 1.81. The number of ether oxygens (including phenoxy) is 1. The summed E-state index contributed by atoms with van der Waals surface area (Å²) in [5.41, 5.74) is 0.786. The maximum atomic E-state index is 11.0. The zero-order valence-corrected chi connectivity index (χ0v) is 7.20. The average molecular weight is 175 g/mol. The molecule has 0 fully saturated rings. The van der Waals surface area contributed by atoms with Gasteiger partial charge in [0.25, 0.3) is 5.91 Å². The molecule has 3 heteroatoms. The van der Waals surface area contributed by atoms with Crippen molar-refractivity contribution in [2.45, 2.75) is 6.92 Å². The minimum Gasteiger partial charge on any atom is -0.450 e. The van der Waals surface area contributed by atoms with Crippen LogP contribution in [0, 0.1) is 0 Å². The monoisotopic (exact) mass is 175 g/mol. The Morgan fingerprint density at radius 2 is 1.92 bits per heavy atom. The molecule has 13 heavy (non-hydrogen) atoms. The lowest BCUT2D eigenvalue weighted by Crippen LogP contribution is -2.38. The second-order valence-electron chi connectivity index (χ2n) is 2.82. The van der Waals surface area contributed by atoms with E-state index < -0.39 is 0 Å². The van der Waals surface area contributed by atoms with Gasteiger partial charge in [-0.1, -0.05) is 18.2 Å². The van der Waals surface area contributed by atoms with Crippen molar-refractivity contribution in [2.75, 3.05) is 0 Å². The van der Waals surface area contributed by atoms with Crippen molar-refractivity contribution in [1.82, 2.24) is 5.32 Å². The predicted octanol–water partition coefficient (Wildman–Crippen LogP) is 1.43. The fourth-order valence-corrected chi connectivity index (χ4v) is 1.12. The van der Waals surface area contributed by atoms with Crippen molar-refractivity contribution in [3.05, 3.63) is 41.8 Å². The number of allylic oxidation sites excluding steroid dienone is 1. The van der Waals surface area contributed by atoms with Crippen molar-refractivity contribution in [3.63, 3.8) is 0 Å². The number of benzene rings is 1. The van der Waals surface area contributed by atoms with Crippen LogP contribution >= 0.6 is 0 Å². The van der Waals surface area contributed by atoms with E-state index in [4.69, 9.17) is 4.74 Å². The summed E-state index contributed by atoms with van der Waals surface area (Å²) in [5.74, 6) is 0.944. The zero-order valence-electron chi connectivity index (χ0n) is 7.20. The summed E-state index contributed by atoms with van der Waals surface area (Å²) >= 11 is 0. The summed E-state index contributed by atoms with van der Waals surface area (Å²) < 4.78 is 5.34. The molecule has 0 unspecified atom stereocenters. The number of amides is 1. The normalized spacial score (nSPS) is 15.0. The second kappa shape index (κ2) is 2.94. The molecule has 1 heterocycles. The third kappa shape index (κ3) is 1.40. The molecule has 66 valence electrons. The first-order valence-corrected chi connectivity index (χ1v) is 4.02. The Kier molecular flexibility index (Phi) is 1.77. The topological polar surface area (TPSA) is 38.3 Å². The van der Waals surface area contributed by atoms with Crippen molar-refractivity contribution < 1.29 is 9.53 Å². The van der Waals surface area contributed by atoms with Gasteiger partial charge in [0, 0.05) is 0 Å². The van der Waals surface area contributed by atoms with Crippen LogP contribution in [0.15, 0.2) is 41.8 Å². The summed E-state index contributed by atoms with van der Waals surface area (Å²) in [6.07, 6.45) is 0. The van der Waals surface area contributed by atoms with Gasteiger partial charge in [0.2, 0.25) is 5.76 Å². The van der Waals surface area contributed by atoms with Crippen LogP contribution < -0.4 is 10.1 Å². The van der Waals surface area contributed by atoms with Crippen LogP contribution in [0.3, 0.4) is 0 Å². The van der Waals surface area contributed by atoms with Gasteiger partial charge in [-0.25, -0.2) is 0 Å². The molecule has 3 nitrogen and oxygen atoms in total. The molecule has 1 aromatic carbocycles. The third-order valence-electron chi connectivity index (χ3n) is 1.81. The molecule has 1 aromatic rings. The van der Waals surface area contributed by atoms with Gasteiger partial charge < -0.3 is 10.1 Å². The Labute approximate surface area is 76.0 Å². The van der Waals surface area contributed by atoms with E-state index in [1.807, 2.05) is 30.3 Å². The molecule has 0 saturated carbocycles. The van der Waals surface area contributed by atoms with E-state index in [2.05, 4.69) is 5.32 Å². The van der Waals surface area contributed by atoms with Gasteiger partial charge in [0.15, 0.2) is 0 Å². The van der Waals surface area contributed by atoms with E-state index in [0.29, 0.717) is 11.5 Å². The molecule has 0 saturated heterocycles. The number of nitrogens with one attached hydrogen (secondary N) is 1. The Morgan fingerprint density at radius 3 is 2.46 bits per heavy atom. The number of carbonyl (C=O) groups is 1. The van der Waals surface area contributed by atoms with Crippen LogP contribution in [0.25, 0.3) is 0 Å². The van der Waals surface area contributed by atoms with Gasteiger partial charge in [-0.05, 0) is 19.1 Å². The first-order chi connectivity index (χ1) is 6.27. The van der Waals surface area contributed by atoms with E-state index in [0.717, 1.165) is 5.70 Å². The van der Waals surface area contributed by atoms with Crippen molar-refractivity contribution in [1.29, 1.82) is 0 Å². The molecule has 0 radical (unpaired) electrons. The molecule has 1 aliphatic rings. The molecule has 0 aromatic heterocycles. The van der Waals surface area contributed by atoms with Gasteiger partial charge in [0.05, 0.1) is 5.70 Å². The van der Waals surface area contributed by atoms with Gasteiger partial charge in [-0.3, -0.25) is 4.79 Å². The van der Waals surface area contributed by atoms with E-state index in [1.54, 1.807) is 6.92 Å². The minimum absolute atomic E-state index is 0.152. The van der Waals surface area contributed by atoms with Crippen LogP contribution in [-0.4, -0.2) is 5.91 Å². The van der Waals surface area contributed by atoms with Gasteiger partial charge in [0.1, 0.15) is 5.75 Å². The number of carbonyl (C=O) groups excluding carboxylic acids is 1. The molecule has 1 N–H and O–H groups in total. The molecule has 0 aliphatic carbocycles. The largest absolute Gasteiger partial charge is 0.450 e. The minimum atomic E-state index is -0.152. The zero-order chi connectivity index (χ0) is 9.26. The average Bonchev–Trinajstić information content (AvgIpc) is 2.16. The first kappa shape index (κ1) is 7.86. The summed E-state index contributed by atoms with van der Waals surface area (Å²) in [7, 11) is 0. The van der Waals surface area contributed by atoms with Crippen LogP contribution in [0.1, 0.15) is 6.92 Å². The molecular formula is C10H9NO2. The van der Waals surface area contributed by atoms with Crippen LogP contribution in [-0.2, 0) is 4.79 Å². The van der Waals surface area contributed by atoms with E-state index in [1.165, 1.54) is 0 Å². The Hall–Kier alpha value is -1.77. The van der Waals surface area contributed by atoms with Gasteiger partial charge in [-0.2, -0.15) is 0 Å². The fourth-order valence-electron chi connectivity index (χ4n) is 1.12. The molecule has 0 atom stereocenters. The highest BCUT2D eigenvalue weighted by molar-refractivity contribution is 6.00. The summed E-state index contributed by atoms with van der Waals surface area (Å²) in [4.78, 5) is 11.0. The lowest BCUT2D eigenvalue weighted by molar-refractivity contribution is -0.121. The lowest BCUT2D eigenvalue weighted by Gasteiger charge is -2.20. The molecule has 1 aliphatic heterocycles. The number of rotatable bonds is 2. The van der Waals surface area contributed by atoms with Crippen LogP contribution in [0.2, 0.25) is 0 Å². The molecule has 0 spiro atoms. The molecule has 0 bridgehead atoms. The SMILES string of the molecule is CC1=C(Oc2ccccc2)C(=O)N1. The maximum Gasteiger partial charge on any atom is 0.293 e. The predicted molar refractivity (Wildman–Crippen MR) is 47.9 cm³/mol. The molecule has 2 rings (SSSR count). The summed E-state index contributed by atoms with van der Waals surface area (Å²) in [5, 5.41) is 2.59. The highest BCUT2D eigenvalue weighted by Crippen LogP contribution is 2.18. The molecule has 1 amide bonds. The number of hydrogen-bond donors (Lipinski definition) is 1. The van der Waals surface area contributed by atoms with E-state index in [-0.39, 0.29) is 5.91 Å². The third-order valence-corrected chi connectivity index (χ3v) is 1.81. The standard InChI is InChI=1S/C10H9NO2/c1-7-9(10(12)11-7)13-8-5-3-2-4-6-8/h2-6H,1H3,(H,11,12). The lowest BCUT2D eigenvalue weighted by atomic mass is 10.2. The smallest absolute Gasteiger partial charge is 0.293 e. The quantitative estimate of drug-likeness (QED) is 0.738. The number of hydrogen-bond acceptors (Lipinski definition) is 2. The van der Waals surface area contributed by atoms with Gasteiger partial charge in [-0.15, -0.1) is 0 Å². The Balaban J connectivity index is 2.16. The van der Waals surface area contributed by atoms with Crippen LogP contribution in [0.5, 0.6) is 5.75 Å². The fraction of sp³-hybridized carbons (Fsp3) is 0.100. The number of para-hydroxylation sites is 1. The summed E-state index contributed by atoms with van der Waals surface area (Å²) in [6, 6.07) is 9.25. The maximum absolute atomic E-state index is 11.0. The Morgan fingerprint density at radius 1 is 1.23 bits per heavy atom.